The Morgan fingerprint density at radius 1 is 1.38 bits per heavy atom. The second-order valence-electron chi connectivity index (χ2n) is 2.38. The molecule has 0 amide bonds. The molecule has 0 fully saturated rings. The van der Waals surface area contributed by atoms with Gasteiger partial charge in [0.2, 0.25) is 0 Å². The highest BCUT2D eigenvalue weighted by atomic mass is 35.5. The van der Waals surface area contributed by atoms with E-state index in [1.807, 2.05) is 0 Å². The lowest BCUT2D eigenvalue weighted by Crippen LogP contribution is -1.76. The molecule has 0 atom stereocenters. The van der Waals surface area contributed by atoms with Crippen LogP contribution in [-0.4, -0.2) is 4.98 Å². The lowest BCUT2D eigenvalue weighted by atomic mass is 10.4. The Labute approximate surface area is 84.3 Å². The zero-order valence-corrected chi connectivity index (χ0v) is 7.97. The molecule has 0 aliphatic rings. The molecule has 0 aliphatic heterocycles. The monoisotopic (exact) mass is 217 g/mol. The number of oxazole rings is 1. The molecular formula is C8H5Cl2NO2. The molecule has 68 valence electrons. The van der Waals surface area contributed by atoms with Gasteiger partial charge in [0, 0.05) is 0 Å². The van der Waals surface area contributed by atoms with E-state index in [9.17, 15) is 0 Å². The van der Waals surface area contributed by atoms with Gasteiger partial charge in [-0.05, 0) is 23.7 Å². The molecule has 13 heavy (non-hydrogen) atoms. The molecule has 0 spiro atoms. The molecule has 0 aromatic carbocycles. The number of hydrogen-bond acceptors (Lipinski definition) is 3. The van der Waals surface area contributed by atoms with Gasteiger partial charge in [-0.25, -0.2) is 4.98 Å². The minimum atomic E-state index is 0.306. The van der Waals surface area contributed by atoms with Crippen LogP contribution in [0.1, 0.15) is 5.69 Å². The van der Waals surface area contributed by atoms with Crippen LogP contribution in [0.2, 0.25) is 5.22 Å². The molecule has 0 saturated carbocycles. The Morgan fingerprint density at radius 2 is 2.23 bits per heavy atom. The topological polar surface area (TPSA) is 39.2 Å². The van der Waals surface area contributed by atoms with Crippen molar-refractivity contribution >= 4 is 23.2 Å². The lowest BCUT2D eigenvalue weighted by Gasteiger charge is -1.85. The van der Waals surface area contributed by atoms with E-state index in [-0.39, 0.29) is 0 Å². The summed E-state index contributed by atoms with van der Waals surface area (Å²) in [5.74, 6) is 1.21. The minimum Gasteiger partial charge on any atom is -0.442 e. The van der Waals surface area contributed by atoms with E-state index in [4.69, 9.17) is 32.0 Å². The first-order chi connectivity index (χ1) is 6.29. The highest BCUT2D eigenvalue weighted by molar-refractivity contribution is 6.28. The molecule has 0 radical (unpaired) electrons. The number of aromatic nitrogens is 1. The Kier molecular flexibility index (Phi) is 2.29. The fourth-order valence-corrected chi connectivity index (χ4v) is 1.18. The number of furan rings is 1. The van der Waals surface area contributed by atoms with E-state index < -0.39 is 0 Å². The van der Waals surface area contributed by atoms with Crippen LogP contribution in [0.15, 0.2) is 27.2 Å². The average molecular weight is 218 g/mol. The van der Waals surface area contributed by atoms with Crippen molar-refractivity contribution in [2.45, 2.75) is 5.88 Å². The maximum atomic E-state index is 5.59. The summed E-state index contributed by atoms with van der Waals surface area (Å²) in [6.07, 6.45) is 1.48. The summed E-state index contributed by atoms with van der Waals surface area (Å²) >= 11 is 11.1. The Balaban J connectivity index is 2.35. The molecule has 0 saturated heterocycles. The fourth-order valence-electron chi connectivity index (χ4n) is 0.911. The van der Waals surface area contributed by atoms with Crippen molar-refractivity contribution in [3.05, 3.63) is 29.3 Å². The number of halogens is 2. The highest BCUT2D eigenvalue weighted by Gasteiger charge is 2.09. The first-order valence-corrected chi connectivity index (χ1v) is 4.47. The van der Waals surface area contributed by atoms with E-state index >= 15 is 0 Å². The van der Waals surface area contributed by atoms with Crippen LogP contribution in [0, 0.1) is 0 Å². The van der Waals surface area contributed by atoms with Gasteiger partial charge in [0.25, 0.3) is 5.89 Å². The largest absolute Gasteiger partial charge is 0.442 e. The third kappa shape index (κ3) is 1.71. The van der Waals surface area contributed by atoms with Crippen LogP contribution in [-0.2, 0) is 5.88 Å². The minimum absolute atomic E-state index is 0.306. The number of hydrogen-bond donors (Lipinski definition) is 0. The predicted molar refractivity (Wildman–Crippen MR) is 48.8 cm³/mol. The number of rotatable bonds is 2. The molecule has 0 aliphatic carbocycles. The Morgan fingerprint density at radius 3 is 2.77 bits per heavy atom. The standard InChI is InChI=1S/C8H5Cl2NO2/c9-3-5-4-12-8(11-5)6-1-2-7(10)13-6/h1-2,4H,3H2. The maximum absolute atomic E-state index is 5.59. The van der Waals surface area contributed by atoms with E-state index in [2.05, 4.69) is 4.98 Å². The average Bonchev–Trinajstić information content (AvgIpc) is 2.71. The van der Waals surface area contributed by atoms with Crippen LogP contribution in [0.4, 0.5) is 0 Å². The fraction of sp³-hybridized carbons (Fsp3) is 0.125. The van der Waals surface area contributed by atoms with Crippen LogP contribution in [0.25, 0.3) is 11.7 Å². The van der Waals surface area contributed by atoms with Gasteiger partial charge >= 0.3 is 0 Å². The normalized spacial score (nSPS) is 10.6. The van der Waals surface area contributed by atoms with Crippen LogP contribution in [0.3, 0.4) is 0 Å². The molecule has 3 nitrogen and oxygen atoms in total. The second-order valence-corrected chi connectivity index (χ2v) is 3.02. The number of nitrogens with zero attached hydrogens (tertiary/aromatic N) is 1. The van der Waals surface area contributed by atoms with E-state index in [0.717, 1.165) is 0 Å². The SMILES string of the molecule is ClCc1coc(-c2ccc(Cl)o2)n1. The summed E-state index contributed by atoms with van der Waals surface area (Å²) in [5, 5.41) is 0.306. The van der Waals surface area contributed by atoms with Crippen molar-refractivity contribution in [2.24, 2.45) is 0 Å². The van der Waals surface area contributed by atoms with Gasteiger partial charge in [0.05, 0.1) is 11.6 Å². The summed E-state index contributed by atoms with van der Waals surface area (Å²) in [6.45, 7) is 0. The van der Waals surface area contributed by atoms with Gasteiger partial charge in [0.15, 0.2) is 11.0 Å². The summed E-state index contributed by atoms with van der Waals surface area (Å²) in [5.41, 5.74) is 0.671. The summed E-state index contributed by atoms with van der Waals surface area (Å²) in [7, 11) is 0. The van der Waals surface area contributed by atoms with Crippen molar-refractivity contribution in [3.63, 3.8) is 0 Å². The third-order valence-electron chi connectivity index (χ3n) is 1.47. The molecule has 2 aromatic heterocycles. The van der Waals surface area contributed by atoms with Crippen molar-refractivity contribution in [3.8, 4) is 11.7 Å². The van der Waals surface area contributed by atoms with Gasteiger partial charge < -0.3 is 8.83 Å². The highest BCUT2D eigenvalue weighted by Crippen LogP contribution is 2.24. The lowest BCUT2D eigenvalue weighted by molar-refractivity contribution is 0.518. The van der Waals surface area contributed by atoms with E-state index in [0.29, 0.717) is 28.4 Å². The molecule has 0 bridgehead atoms. The smallest absolute Gasteiger partial charge is 0.263 e. The first-order valence-electron chi connectivity index (χ1n) is 3.55. The van der Waals surface area contributed by atoms with Gasteiger partial charge in [-0.1, -0.05) is 0 Å². The summed E-state index contributed by atoms with van der Waals surface area (Å²) in [6, 6.07) is 3.31. The van der Waals surface area contributed by atoms with E-state index in [1.54, 1.807) is 12.1 Å². The molecule has 2 aromatic rings. The van der Waals surface area contributed by atoms with Crippen LogP contribution in [0.5, 0.6) is 0 Å². The van der Waals surface area contributed by atoms with Gasteiger partial charge in [-0.2, -0.15) is 0 Å². The molecule has 5 heteroatoms. The zero-order chi connectivity index (χ0) is 9.26. The van der Waals surface area contributed by atoms with Crippen LogP contribution < -0.4 is 0 Å². The summed E-state index contributed by atoms with van der Waals surface area (Å²) < 4.78 is 10.2. The molecule has 0 unspecified atom stereocenters. The molecule has 2 heterocycles. The van der Waals surface area contributed by atoms with Crippen molar-refractivity contribution in [1.82, 2.24) is 4.98 Å². The van der Waals surface area contributed by atoms with Crippen molar-refractivity contribution in [2.75, 3.05) is 0 Å². The van der Waals surface area contributed by atoms with Gasteiger partial charge in [-0.15, -0.1) is 11.6 Å². The quantitative estimate of drug-likeness (QED) is 0.725. The molecule has 2 rings (SSSR count). The number of alkyl halides is 1. The zero-order valence-electron chi connectivity index (χ0n) is 6.46. The van der Waals surface area contributed by atoms with E-state index in [1.165, 1.54) is 6.26 Å². The van der Waals surface area contributed by atoms with Gasteiger partial charge in [-0.3, -0.25) is 0 Å². The van der Waals surface area contributed by atoms with Gasteiger partial charge in [0.1, 0.15) is 6.26 Å². The Hall–Kier alpha value is -0.930. The second kappa shape index (κ2) is 3.44. The van der Waals surface area contributed by atoms with Crippen molar-refractivity contribution < 1.29 is 8.83 Å². The molecule has 0 N–H and O–H groups in total. The van der Waals surface area contributed by atoms with Crippen molar-refractivity contribution in [1.29, 1.82) is 0 Å². The third-order valence-corrected chi connectivity index (χ3v) is 1.95. The maximum Gasteiger partial charge on any atom is 0.263 e. The molecular weight excluding hydrogens is 213 g/mol. The first kappa shape index (κ1) is 8.66. The Bertz CT molecular complexity index is 408. The summed E-state index contributed by atoms with van der Waals surface area (Å²) in [4.78, 5) is 4.06. The predicted octanol–water partition coefficient (Wildman–Crippen LogP) is 3.33. The van der Waals surface area contributed by atoms with Crippen LogP contribution >= 0.6 is 23.2 Å².